The average molecular weight is 791 g/mol. The van der Waals surface area contributed by atoms with E-state index in [1.165, 1.54) is 9.80 Å². The number of nitrogens with one attached hydrogen (secondary N) is 1. The number of esters is 1. The molecule has 3 heterocycles. The molecule has 52 heavy (non-hydrogen) atoms. The quantitative estimate of drug-likeness (QED) is 0.115. The van der Waals surface area contributed by atoms with Crippen LogP contribution in [0.3, 0.4) is 0 Å². The Morgan fingerprint density at radius 1 is 1.04 bits per heavy atom. The Morgan fingerprint density at radius 3 is 2.31 bits per heavy atom. The highest BCUT2D eigenvalue weighted by molar-refractivity contribution is 9.09. The van der Waals surface area contributed by atoms with E-state index in [-0.39, 0.29) is 30.8 Å². The number of aliphatic hydroxyl groups excluding tert-OH is 1. The van der Waals surface area contributed by atoms with Crippen LogP contribution in [0.15, 0.2) is 110 Å². The molecule has 12 heteroatoms. The second-order valence-corrected chi connectivity index (χ2v) is 14.8. The van der Waals surface area contributed by atoms with Crippen molar-refractivity contribution in [2.45, 2.75) is 53.9 Å². The van der Waals surface area contributed by atoms with Gasteiger partial charge in [0.2, 0.25) is 11.8 Å². The fourth-order valence-corrected chi connectivity index (χ4v) is 8.94. The first-order valence-corrected chi connectivity index (χ1v) is 18.5. The molecule has 1 spiro atoms. The molecule has 2 N–H and O–H groups in total. The summed E-state index contributed by atoms with van der Waals surface area (Å²) in [7, 11) is 0. The first kappa shape index (κ1) is 37.5. The van der Waals surface area contributed by atoms with E-state index in [2.05, 4.69) is 34.4 Å². The van der Waals surface area contributed by atoms with E-state index in [9.17, 15) is 19.5 Å². The van der Waals surface area contributed by atoms with Gasteiger partial charge < -0.3 is 29.7 Å². The molecular weight excluding hydrogens is 750 g/mol. The highest BCUT2D eigenvalue weighted by Gasteiger charge is 2.77. The number of halogens is 2. The van der Waals surface area contributed by atoms with Gasteiger partial charge in [0.05, 0.1) is 36.6 Å². The molecule has 3 aliphatic heterocycles. The zero-order valence-electron chi connectivity index (χ0n) is 28.5. The number of carbonyl (C=O) groups excluding carboxylic acids is 4. The van der Waals surface area contributed by atoms with Gasteiger partial charge in [-0.2, -0.15) is 0 Å². The first-order chi connectivity index (χ1) is 25.1. The number of carbonyl (C=O) groups is 4. The number of likely N-dealkylation sites (tertiary alicyclic amines) is 1. The molecule has 0 aliphatic carbocycles. The SMILES string of the molecule is C=CCCC(=O)OC[C@H](NC(=O)[C@@H]1[C@H]2O[C@@]3(CC2Br)[C@H](C(=O)N(CC=C)c2ccc(Cl)cc2)N([C@H](CO)c2ccccc2)C(=O)[C@@H]13)c1ccccc1. The summed E-state index contributed by atoms with van der Waals surface area (Å²) in [6.07, 6.45) is 3.35. The van der Waals surface area contributed by atoms with Crippen LogP contribution in [0.2, 0.25) is 5.02 Å². The van der Waals surface area contributed by atoms with Gasteiger partial charge in [-0.25, -0.2) is 0 Å². The number of amides is 3. The number of allylic oxidation sites excluding steroid dienone is 1. The highest BCUT2D eigenvalue weighted by Crippen LogP contribution is 2.61. The molecule has 0 radical (unpaired) electrons. The number of hydrogen-bond acceptors (Lipinski definition) is 7. The number of anilines is 1. The first-order valence-electron chi connectivity index (χ1n) is 17.2. The van der Waals surface area contributed by atoms with Crippen LogP contribution >= 0.6 is 27.5 Å². The van der Waals surface area contributed by atoms with E-state index in [1.54, 1.807) is 60.7 Å². The van der Waals surface area contributed by atoms with E-state index in [1.807, 2.05) is 36.4 Å². The van der Waals surface area contributed by atoms with Crippen molar-refractivity contribution < 1.29 is 33.8 Å². The van der Waals surface area contributed by atoms with Crippen LogP contribution in [-0.4, -0.2) is 76.0 Å². The van der Waals surface area contributed by atoms with Crippen molar-refractivity contribution in [2.75, 3.05) is 24.7 Å². The standard InChI is InChI=1S/C40H41BrClN3O7/c1-3-5-16-32(47)51-24-30(25-12-8-6-9-13-25)43-37(48)33-34-38(49)45(31(23-46)26-14-10-7-11-15-26)36(40(34)22-29(41)35(33)52-40)39(50)44(21-4-2)28-19-17-27(42)18-20-28/h3-4,6-15,17-20,29-31,33-36,46H,1-2,5,16,21-24H2,(H,43,48)/t29?,30-,31+,33-,34+,35-,36-,40+/m0/s1. The molecular formula is C40H41BrClN3O7. The van der Waals surface area contributed by atoms with Gasteiger partial charge in [-0.3, -0.25) is 19.2 Å². The maximum Gasteiger partial charge on any atom is 0.306 e. The Hall–Kier alpha value is -4.29. The van der Waals surface area contributed by atoms with Gasteiger partial charge >= 0.3 is 5.97 Å². The lowest BCUT2D eigenvalue weighted by molar-refractivity contribution is -0.146. The summed E-state index contributed by atoms with van der Waals surface area (Å²) < 4.78 is 12.3. The van der Waals surface area contributed by atoms with Gasteiger partial charge in [0.1, 0.15) is 18.2 Å². The maximum absolute atomic E-state index is 15.0. The summed E-state index contributed by atoms with van der Waals surface area (Å²) in [4.78, 5) is 59.6. The van der Waals surface area contributed by atoms with Crippen molar-refractivity contribution in [1.29, 1.82) is 0 Å². The van der Waals surface area contributed by atoms with Crippen molar-refractivity contribution in [1.82, 2.24) is 10.2 Å². The molecule has 3 saturated heterocycles. The minimum Gasteiger partial charge on any atom is -0.463 e. The molecule has 3 aromatic rings. The monoisotopic (exact) mass is 789 g/mol. The predicted molar refractivity (Wildman–Crippen MR) is 201 cm³/mol. The Morgan fingerprint density at radius 2 is 1.69 bits per heavy atom. The predicted octanol–water partition coefficient (Wildman–Crippen LogP) is 5.71. The summed E-state index contributed by atoms with van der Waals surface area (Å²) in [5.74, 6) is -3.87. The fourth-order valence-electron chi connectivity index (χ4n) is 7.87. The molecule has 0 aromatic heterocycles. The van der Waals surface area contributed by atoms with Gasteiger partial charge in [0, 0.05) is 28.5 Å². The van der Waals surface area contributed by atoms with Gasteiger partial charge in [-0.1, -0.05) is 100 Å². The lowest BCUT2D eigenvalue weighted by Crippen LogP contribution is -2.57. The Labute approximate surface area is 316 Å². The molecule has 3 aromatic carbocycles. The number of alkyl halides is 1. The molecule has 6 rings (SSSR count). The Balaban J connectivity index is 1.40. The number of nitrogens with zero attached hydrogens (tertiary/aromatic N) is 2. The van der Waals surface area contributed by atoms with Gasteiger partial charge in [-0.05, 0) is 48.2 Å². The van der Waals surface area contributed by atoms with Gasteiger partial charge in [-0.15, -0.1) is 13.2 Å². The normalized spacial score (nSPS) is 25.6. The Kier molecular flexibility index (Phi) is 11.6. The minimum absolute atomic E-state index is 0.115. The van der Waals surface area contributed by atoms with E-state index in [0.717, 1.165) is 0 Å². The summed E-state index contributed by atoms with van der Waals surface area (Å²) in [6.45, 7) is 7.03. The Bertz CT molecular complexity index is 1800. The van der Waals surface area contributed by atoms with Crippen LogP contribution in [0.1, 0.15) is 42.5 Å². The largest absolute Gasteiger partial charge is 0.463 e. The highest BCUT2D eigenvalue weighted by atomic mass is 79.9. The molecule has 8 atom stereocenters. The molecule has 1 unspecified atom stereocenters. The third-order valence-corrected chi connectivity index (χ3v) is 11.3. The van der Waals surface area contributed by atoms with E-state index >= 15 is 4.79 Å². The van der Waals surface area contributed by atoms with Crippen molar-refractivity contribution >= 4 is 56.9 Å². The lowest BCUT2D eigenvalue weighted by atomic mass is 9.70. The van der Waals surface area contributed by atoms with Gasteiger partial charge in [0.25, 0.3) is 5.91 Å². The topological polar surface area (TPSA) is 125 Å². The number of rotatable bonds is 15. The zero-order valence-corrected chi connectivity index (χ0v) is 30.8. The van der Waals surface area contributed by atoms with Crippen LogP contribution in [0, 0.1) is 11.8 Å². The van der Waals surface area contributed by atoms with E-state index < -0.39 is 72.0 Å². The van der Waals surface area contributed by atoms with Crippen molar-refractivity contribution in [3.63, 3.8) is 0 Å². The number of aliphatic hydroxyl groups is 1. The van der Waals surface area contributed by atoms with Crippen LogP contribution in [0.25, 0.3) is 0 Å². The molecule has 272 valence electrons. The summed E-state index contributed by atoms with van der Waals surface area (Å²) >= 11 is 9.93. The number of benzene rings is 3. The van der Waals surface area contributed by atoms with Crippen molar-refractivity contribution in [3.8, 4) is 0 Å². The maximum atomic E-state index is 15.0. The second kappa shape index (κ2) is 16.2. The van der Waals surface area contributed by atoms with Crippen molar-refractivity contribution in [2.24, 2.45) is 11.8 Å². The summed E-state index contributed by atoms with van der Waals surface area (Å²) in [5.41, 5.74) is 0.457. The summed E-state index contributed by atoms with van der Waals surface area (Å²) in [6, 6.07) is 22.1. The zero-order chi connectivity index (χ0) is 37.0. The fraction of sp³-hybridized carbons (Fsp3) is 0.350. The van der Waals surface area contributed by atoms with Gasteiger partial charge in [0.15, 0.2) is 0 Å². The van der Waals surface area contributed by atoms with E-state index in [0.29, 0.717) is 28.3 Å². The molecule has 2 bridgehead atoms. The van der Waals surface area contributed by atoms with Crippen LogP contribution in [0.4, 0.5) is 5.69 Å². The number of ether oxygens (including phenoxy) is 2. The van der Waals surface area contributed by atoms with Crippen LogP contribution < -0.4 is 10.2 Å². The van der Waals surface area contributed by atoms with E-state index in [4.69, 9.17) is 21.1 Å². The smallest absolute Gasteiger partial charge is 0.306 e. The second-order valence-electron chi connectivity index (χ2n) is 13.2. The third kappa shape index (κ3) is 7.07. The number of hydrogen-bond donors (Lipinski definition) is 2. The van der Waals surface area contributed by atoms with Crippen molar-refractivity contribution in [3.05, 3.63) is 126 Å². The number of fused-ring (bicyclic) bond motifs is 1. The average Bonchev–Trinajstić information content (AvgIpc) is 3.76. The minimum atomic E-state index is -1.41. The molecule has 3 fully saturated rings. The molecule has 3 amide bonds. The molecule has 3 aliphatic rings. The molecule has 10 nitrogen and oxygen atoms in total. The summed E-state index contributed by atoms with van der Waals surface area (Å²) in [5, 5.41) is 14.4. The third-order valence-electron chi connectivity index (χ3n) is 10.2. The van der Waals surface area contributed by atoms with Crippen LogP contribution in [-0.2, 0) is 28.7 Å². The van der Waals surface area contributed by atoms with Crippen LogP contribution in [0.5, 0.6) is 0 Å². The lowest BCUT2D eigenvalue weighted by Gasteiger charge is -2.39. The molecule has 0 saturated carbocycles.